The minimum atomic E-state index is -0.500. The van der Waals surface area contributed by atoms with Crippen LogP contribution in [0.15, 0.2) is 6.07 Å². The Bertz CT molecular complexity index is 621. The lowest BCUT2D eigenvalue weighted by Gasteiger charge is -2.06. The number of aromatic nitrogens is 1. The lowest BCUT2D eigenvalue weighted by atomic mass is 10.1. The van der Waals surface area contributed by atoms with Crippen LogP contribution in [-0.2, 0) is 0 Å². The first-order valence-corrected chi connectivity index (χ1v) is 7.09. The number of unbranched alkanes of at least 4 members (excludes halogenated alkanes) is 1. The lowest BCUT2D eigenvalue weighted by Crippen LogP contribution is -2.10. The number of nitrogens with one attached hydrogen (secondary N) is 1. The van der Waals surface area contributed by atoms with E-state index in [-0.39, 0.29) is 0 Å². The highest BCUT2D eigenvalue weighted by molar-refractivity contribution is 7.21. The molecule has 0 radical (unpaired) electrons. The number of nitrogens with zero attached hydrogens (tertiary/aromatic N) is 1. The SMILES string of the molecule is CCCCNc1cc(C)c2c(N)c(C(N)=O)sc2n1. The Labute approximate surface area is 116 Å². The number of aryl methyl sites for hydroxylation is 1. The smallest absolute Gasteiger partial charge is 0.260 e. The van der Waals surface area contributed by atoms with Crippen molar-refractivity contribution in [1.82, 2.24) is 4.98 Å². The molecule has 0 aromatic carbocycles. The summed E-state index contributed by atoms with van der Waals surface area (Å²) >= 11 is 1.25. The van der Waals surface area contributed by atoms with Gasteiger partial charge >= 0.3 is 0 Å². The topological polar surface area (TPSA) is 94.0 Å². The number of primary amides is 1. The number of hydrogen-bond acceptors (Lipinski definition) is 5. The highest BCUT2D eigenvalue weighted by Crippen LogP contribution is 2.35. The molecule has 0 unspecified atom stereocenters. The number of rotatable bonds is 5. The fraction of sp³-hybridized carbons (Fsp3) is 0.385. The number of nitrogen functional groups attached to an aromatic ring is 1. The molecule has 0 aliphatic rings. The zero-order chi connectivity index (χ0) is 14.0. The third-order valence-electron chi connectivity index (χ3n) is 2.96. The van der Waals surface area contributed by atoms with E-state index in [4.69, 9.17) is 11.5 Å². The predicted octanol–water partition coefficient (Wildman–Crippen LogP) is 2.50. The van der Waals surface area contributed by atoms with Gasteiger partial charge in [-0.2, -0.15) is 0 Å². The number of nitrogens with two attached hydrogens (primary N) is 2. The Morgan fingerprint density at radius 1 is 1.53 bits per heavy atom. The molecule has 19 heavy (non-hydrogen) atoms. The van der Waals surface area contributed by atoms with Crippen LogP contribution in [0.3, 0.4) is 0 Å². The molecule has 2 aromatic heterocycles. The molecule has 2 aromatic rings. The van der Waals surface area contributed by atoms with E-state index in [1.807, 2.05) is 13.0 Å². The number of hydrogen-bond donors (Lipinski definition) is 3. The summed E-state index contributed by atoms with van der Waals surface area (Å²) in [7, 11) is 0. The Morgan fingerprint density at radius 2 is 2.26 bits per heavy atom. The molecule has 102 valence electrons. The largest absolute Gasteiger partial charge is 0.397 e. The highest BCUT2D eigenvalue weighted by Gasteiger charge is 2.17. The Morgan fingerprint density at radius 3 is 2.89 bits per heavy atom. The summed E-state index contributed by atoms with van der Waals surface area (Å²) in [6.07, 6.45) is 2.23. The summed E-state index contributed by atoms with van der Waals surface area (Å²) in [6.45, 7) is 4.99. The number of carbonyl (C=O) groups excluding carboxylic acids is 1. The van der Waals surface area contributed by atoms with E-state index in [1.165, 1.54) is 11.3 Å². The zero-order valence-electron chi connectivity index (χ0n) is 11.1. The van der Waals surface area contributed by atoms with Gasteiger partial charge in [-0.25, -0.2) is 4.98 Å². The summed E-state index contributed by atoms with van der Waals surface area (Å²) in [5, 5.41) is 4.11. The van der Waals surface area contributed by atoms with E-state index in [0.29, 0.717) is 10.6 Å². The fourth-order valence-electron chi connectivity index (χ4n) is 1.98. The van der Waals surface area contributed by atoms with Gasteiger partial charge in [0.1, 0.15) is 15.5 Å². The maximum Gasteiger partial charge on any atom is 0.260 e. The molecule has 0 spiro atoms. The van der Waals surface area contributed by atoms with E-state index in [9.17, 15) is 4.79 Å². The van der Waals surface area contributed by atoms with Crippen LogP contribution in [0.25, 0.3) is 10.2 Å². The molecular formula is C13H18N4OS. The molecular weight excluding hydrogens is 260 g/mol. The van der Waals surface area contributed by atoms with Crippen LogP contribution in [0, 0.1) is 6.92 Å². The second-order valence-electron chi connectivity index (χ2n) is 4.49. The van der Waals surface area contributed by atoms with Gasteiger partial charge in [0.2, 0.25) is 0 Å². The van der Waals surface area contributed by atoms with E-state index in [0.717, 1.165) is 41.0 Å². The van der Waals surface area contributed by atoms with Crippen molar-refractivity contribution in [2.24, 2.45) is 5.73 Å². The molecule has 0 atom stereocenters. The molecule has 1 amide bonds. The Balaban J connectivity index is 2.43. The van der Waals surface area contributed by atoms with Gasteiger partial charge in [-0.1, -0.05) is 13.3 Å². The predicted molar refractivity (Wildman–Crippen MR) is 80.7 cm³/mol. The maximum absolute atomic E-state index is 11.3. The normalized spacial score (nSPS) is 10.8. The number of thiophene rings is 1. The van der Waals surface area contributed by atoms with Crippen molar-refractivity contribution in [3.63, 3.8) is 0 Å². The Hall–Kier alpha value is -1.82. The third kappa shape index (κ3) is 2.63. The maximum atomic E-state index is 11.3. The molecule has 0 bridgehead atoms. The highest BCUT2D eigenvalue weighted by atomic mass is 32.1. The van der Waals surface area contributed by atoms with Gasteiger partial charge in [-0.15, -0.1) is 11.3 Å². The van der Waals surface area contributed by atoms with Crippen LogP contribution in [0.5, 0.6) is 0 Å². The van der Waals surface area contributed by atoms with E-state index in [1.54, 1.807) is 0 Å². The van der Waals surface area contributed by atoms with Crippen LogP contribution in [-0.4, -0.2) is 17.4 Å². The van der Waals surface area contributed by atoms with Gasteiger partial charge in [-0.3, -0.25) is 4.79 Å². The number of carbonyl (C=O) groups is 1. The monoisotopic (exact) mass is 278 g/mol. The van der Waals surface area contributed by atoms with Crippen molar-refractivity contribution in [2.75, 3.05) is 17.6 Å². The molecule has 2 heterocycles. The van der Waals surface area contributed by atoms with E-state index in [2.05, 4.69) is 17.2 Å². The van der Waals surface area contributed by atoms with Crippen LogP contribution in [0.4, 0.5) is 11.5 Å². The summed E-state index contributed by atoms with van der Waals surface area (Å²) < 4.78 is 0. The van der Waals surface area contributed by atoms with Crippen LogP contribution >= 0.6 is 11.3 Å². The Kier molecular flexibility index (Phi) is 3.90. The molecule has 0 aliphatic carbocycles. The standard InChI is InChI=1S/C13H18N4OS/c1-3-4-5-16-8-6-7(2)9-10(14)11(12(15)18)19-13(9)17-8/h6H,3-5,14H2,1-2H3,(H2,15,18)(H,16,17). The third-order valence-corrected chi connectivity index (χ3v) is 4.07. The van der Waals surface area contributed by atoms with Crippen LogP contribution in [0.1, 0.15) is 35.0 Å². The van der Waals surface area contributed by atoms with Crippen molar-refractivity contribution in [2.45, 2.75) is 26.7 Å². The fourth-order valence-corrected chi connectivity index (χ4v) is 3.00. The molecule has 0 saturated heterocycles. The first-order valence-electron chi connectivity index (χ1n) is 6.27. The van der Waals surface area contributed by atoms with Crippen LogP contribution in [0.2, 0.25) is 0 Å². The first-order chi connectivity index (χ1) is 9.04. The lowest BCUT2D eigenvalue weighted by molar-refractivity contribution is 0.100. The minimum Gasteiger partial charge on any atom is -0.397 e. The second-order valence-corrected chi connectivity index (χ2v) is 5.49. The number of fused-ring (bicyclic) bond motifs is 1. The van der Waals surface area contributed by atoms with Crippen molar-refractivity contribution >= 4 is 39.0 Å². The van der Waals surface area contributed by atoms with E-state index < -0.39 is 5.91 Å². The molecule has 6 heteroatoms. The summed E-state index contributed by atoms with van der Waals surface area (Å²) in [5.41, 5.74) is 12.7. The zero-order valence-corrected chi connectivity index (χ0v) is 11.9. The molecule has 5 nitrogen and oxygen atoms in total. The second kappa shape index (κ2) is 5.44. The molecule has 0 fully saturated rings. The van der Waals surface area contributed by atoms with Gasteiger partial charge in [-0.05, 0) is 25.0 Å². The van der Waals surface area contributed by atoms with Gasteiger partial charge in [0.15, 0.2) is 0 Å². The van der Waals surface area contributed by atoms with Crippen molar-refractivity contribution in [3.8, 4) is 0 Å². The summed E-state index contributed by atoms with van der Waals surface area (Å²) in [5.74, 6) is 0.316. The van der Waals surface area contributed by atoms with Gasteiger partial charge in [0, 0.05) is 11.9 Å². The average Bonchev–Trinajstić information content (AvgIpc) is 2.67. The summed E-state index contributed by atoms with van der Waals surface area (Å²) in [6, 6.07) is 1.95. The number of amides is 1. The van der Waals surface area contributed by atoms with Crippen molar-refractivity contribution < 1.29 is 4.79 Å². The number of anilines is 2. The van der Waals surface area contributed by atoms with Gasteiger partial charge in [0.05, 0.1) is 5.69 Å². The molecule has 0 aliphatic heterocycles. The minimum absolute atomic E-state index is 0.385. The number of pyridine rings is 1. The van der Waals surface area contributed by atoms with Gasteiger partial charge in [0.25, 0.3) is 5.91 Å². The van der Waals surface area contributed by atoms with Crippen molar-refractivity contribution in [3.05, 3.63) is 16.5 Å². The van der Waals surface area contributed by atoms with Crippen molar-refractivity contribution in [1.29, 1.82) is 0 Å². The summed E-state index contributed by atoms with van der Waals surface area (Å²) in [4.78, 5) is 16.9. The van der Waals surface area contributed by atoms with Crippen LogP contribution < -0.4 is 16.8 Å². The van der Waals surface area contributed by atoms with E-state index >= 15 is 0 Å². The first kappa shape index (κ1) is 13.6. The quantitative estimate of drug-likeness (QED) is 0.732. The molecule has 5 N–H and O–H groups in total. The average molecular weight is 278 g/mol. The molecule has 2 rings (SSSR count). The molecule has 0 saturated carbocycles. The van der Waals surface area contributed by atoms with Gasteiger partial charge < -0.3 is 16.8 Å².